The zero-order chi connectivity index (χ0) is 26.0. The molecule has 7 heteroatoms. The number of anilines is 1. The summed E-state index contributed by atoms with van der Waals surface area (Å²) in [5.41, 5.74) is 2.30. The molecule has 1 atom stereocenters. The van der Waals surface area contributed by atoms with E-state index in [0.717, 1.165) is 5.56 Å². The third kappa shape index (κ3) is 4.95. The Balaban J connectivity index is 1.85. The summed E-state index contributed by atoms with van der Waals surface area (Å²) >= 11 is 6.36. The number of ether oxygens (including phenoxy) is 2. The predicted octanol–water partition coefficient (Wildman–Crippen LogP) is 6.32. The van der Waals surface area contributed by atoms with E-state index in [9.17, 15) is 14.7 Å². The van der Waals surface area contributed by atoms with Crippen molar-refractivity contribution in [1.29, 1.82) is 0 Å². The molecule has 0 spiro atoms. The van der Waals surface area contributed by atoms with Crippen LogP contribution < -0.4 is 14.4 Å². The Morgan fingerprint density at radius 3 is 2.39 bits per heavy atom. The third-order valence-electron chi connectivity index (χ3n) is 6.00. The first-order valence-corrected chi connectivity index (χ1v) is 12.0. The van der Waals surface area contributed by atoms with Gasteiger partial charge in [-0.15, -0.1) is 0 Å². The van der Waals surface area contributed by atoms with Crippen LogP contribution >= 0.6 is 11.6 Å². The van der Waals surface area contributed by atoms with Crippen molar-refractivity contribution >= 4 is 34.7 Å². The van der Waals surface area contributed by atoms with Crippen LogP contribution in [0.5, 0.6) is 11.5 Å². The van der Waals surface area contributed by atoms with Gasteiger partial charge in [0.05, 0.1) is 25.3 Å². The van der Waals surface area contributed by atoms with Gasteiger partial charge < -0.3 is 14.6 Å². The number of methoxy groups -OCH3 is 1. The van der Waals surface area contributed by atoms with Gasteiger partial charge in [0.25, 0.3) is 11.7 Å². The molecule has 1 unspecified atom stereocenters. The van der Waals surface area contributed by atoms with Crippen molar-refractivity contribution < 1.29 is 24.2 Å². The van der Waals surface area contributed by atoms with Crippen molar-refractivity contribution in [3.05, 3.63) is 94.0 Å². The van der Waals surface area contributed by atoms with Crippen LogP contribution in [0.2, 0.25) is 5.02 Å². The van der Waals surface area contributed by atoms with Gasteiger partial charge in [-0.3, -0.25) is 14.5 Å². The first-order chi connectivity index (χ1) is 17.2. The molecule has 6 nitrogen and oxygen atoms in total. The maximum Gasteiger partial charge on any atom is 0.300 e. The third-order valence-corrected chi connectivity index (χ3v) is 6.41. The average molecular weight is 506 g/mol. The highest BCUT2D eigenvalue weighted by Gasteiger charge is 2.47. The first kappa shape index (κ1) is 25.3. The summed E-state index contributed by atoms with van der Waals surface area (Å²) in [4.78, 5) is 28.0. The molecule has 0 radical (unpaired) electrons. The Morgan fingerprint density at radius 1 is 1.03 bits per heavy atom. The van der Waals surface area contributed by atoms with E-state index in [0.29, 0.717) is 45.9 Å². The fourth-order valence-corrected chi connectivity index (χ4v) is 4.26. The minimum Gasteiger partial charge on any atom is -0.507 e. The van der Waals surface area contributed by atoms with Crippen molar-refractivity contribution in [2.75, 3.05) is 18.6 Å². The molecular formula is C29H28ClNO5. The molecular weight excluding hydrogens is 478 g/mol. The number of amides is 1. The maximum atomic E-state index is 13.3. The van der Waals surface area contributed by atoms with Crippen molar-refractivity contribution in [3.8, 4) is 11.5 Å². The van der Waals surface area contributed by atoms with Crippen molar-refractivity contribution in [2.45, 2.75) is 26.8 Å². The number of aliphatic hydroxyl groups is 1. The number of halogens is 1. The fourth-order valence-electron chi connectivity index (χ4n) is 4.08. The molecule has 0 aromatic heterocycles. The normalized spacial score (nSPS) is 17.1. The second kappa shape index (κ2) is 10.5. The second-order valence-electron chi connectivity index (χ2n) is 9.11. The van der Waals surface area contributed by atoms with Crippen molar-refractivity contribution in [2.24, 2.45) is 5.92 Å². The summed E-state index contributed by atoms with van der Waals surface area (Å²) in [6.07, 6.45) is 0. The summed E-state index contributed by atoms with van der Waals surface area (Å²) in [5.74, 6) is -0.214. The smallest absolute Gasteiger partial charge is 0.300 e. The van der Waals surface area contributed by atoms with Gasteiger partial charge in [0.1, 0.15) is 17.3 Å². The van der Waals surface area contributed by atoms with Crippen molar-refractivity contribution in [1.82, 2.24) is 0 Å². The van der Waals surface area contributed by atoms with Crippen LogP contribution in [-0.2, 0) is 9.59 Å². The largest absolute Gasteiger partial charge is 0.507 e. The molecule has 36 heavy (non-hydrogen) atoms. The Hall–Kier alpha value is -3.77. The molecule has 1 N–H and O–H groups in total. The summed E-state index contributed by atoms with van der Waals surface area (Å²) in [6, 6.07) is 18.2. The van der Waals surface area contributed by atoms with Crippen LogP contribution in [0.25, 0.3) is 5.76 Å². The monoisotopic (exact) mass is 505 g/mol. The minimum absolute atomic E-state index is 0.0131. The van der Waals surface area contributed by atoms with Gasteiger partial charge in [-0.25, -0.2) is 0 Å². The number of carbonyl (C=O) groups is 2. The van der Waals surface area contributed by atoms with E-state index in [1.807, 2.05) is 6.92 Å². The molecule has 1 aliphatic rings. The molecule has 1 heterocycles. The lowest BCUT2D eigenvalue weighted by molar-refractivity contribution is -0.132. The first-order valence-electron chi connectivity index (χ1n) is 11.7. The molecule has 1 amide bonds. The summed E-state index contributed by atoms with van der Waals surface area (Å²) in [5, 5.41) is 11.8. The van der Waals surface area contributed by atoms with Gasteiger partial charge in [-0.1, -0.05) is 43.6 Å². The van der Waals surface area contributed by atoms with Gasteiger partial charge in [0.2, 0.25) is 0 Å². The van der Waals surface area contributed by atoms with E-state index in [4.69, 9.17) is 21.1 Å². The molecule has 0 bridgehead atoms. The van der Waals surface area contributed by atoms with Gasteiger partial charge >= 0.3 is 0 Å². The van der Waals surface area contributed by atoms with E-state index in [1.165, 1.54) is 4.90 Å². The van der Waals surface area contributed by atoms with Crippen LogP contribution in [-0.4, -0.2) is 30.5 Å². The van der Waals surface area contributed by atoms with Gasteiger partial charge in [-0.05, 0) is 72.5 Å². The van der Waals surface area contributed by atoms with E-state index in [2.05, 4.69) is 13.8 Å². The number of benzene rings is 3. The molecule has 1 fully saturated rings. The molecule has 0 aliphatic carbocycles. The van der Waals surface area contributed by atoms with E-state index in [-0.39, 0.29) is 11.3 Å². The highest BCUT2D eigenvalue weighted by atomic mass is 35.5. The van der Waals surface area contributed by atoms with Crippen LogP contribution in [0.15, 0.2) is 72.3 Å². The van der Waals surface area contributed by atoms with Gasteiger partial charge in [-0.2, -0.15) is 0 Å². The van der Waals surface area contributed by atoms with Gasteiger partial charge in [0, 0.05) is 16.3 Å². The molecule has 1 aliphatic heterocycles. The Morgan fingerprint density at radius 2 is 1.75 bits per heavy atom. The molecule has 186 valence electrons. The second-order valence-corrected chi connectivity index (χ2v) is 9.52. The number of hydrogen-bond acceptors (Lipinski definition) is 5. The molecule has 0 saturated carbocycles. The fraction of sp³-hybridized carbons (Fsp3) is 0.241. The average Bonchev–Trinajstić information content (AvgIpc) is 3.14. The number of aryl methyl sites for hydroxylation is 1. The Kier molecular flexibility index (Phi) is 7.36. The number of hydrogen-bond donors (Lipinski definition) is 1. The number of Topliss-reactive ketones (excluding diaryl/α,β-unsaturated/α-hetero) is 1. The molecule has 3 aromatic rings. The highest BCUT2D eigenvalue weighted by Crippen LogP contribution is 2.43. The number of carbonyl (C=O) groups excluding carboxylic acids is 2. The van der Waals surface area contributed by atoms with Gasteiger partial charge in [0.15, 0.2) is 0 Å². The standard InChI is InChI=1S/C29H28ClNO5/c1-17(2)16-36-22-12-9-19(10-13-22)27(32)25-26(20-6-5-7-23(14-20)35-4)31(29(34)28(25)33)21-11-8-18(3)24(30)15-21/h5-15,17,26,32H,16H2,1-4H3/b27-25+. The van der Waals surface area contributed by atoms with Crippen LogP contribution in [0, 0.1) is 12.8 Å². The summed E-state index contributed by atoms with van der Waals surface area (Å²) in [7, 11) is 1.54. The quantitative estimate of drug-likeness (QED) is 0.231. The maximum absolute atomic E-state index is 13.3. The topological polar surface area (TPSA) is 76.1 Å². The van der Waals surface area contributed by atoms with Crippen LogP contribution in [0.3, 0.4) is 0 Å². The SMILES string of the molecule is COc1cccc(C2/C(=C(\O)c3ccc(OCC(C)C)cc3)C(=O)C(=O)N2c2ccc(C)c(Cl)c2)c1. The number of nitrogens with zero attached hydrogens (tertiary/aromatic N) is 1. The number of rotatable bonds is 7. The molecule has 4 rings (SSSR count). The Labute approximate surface area is 215 Å². The summed E-state index contributed by atoms with van der Waals surface area (Å²) < 4.78 is 11.1. The van der Waals surface area contributed by atoms with Crippen LogP contribution in [0.1, 0.15) is 36.6 Å². The molecule has 1 saturated heterocycles. The van der Waals surface area contributed by atoms with E-state index >= 15 is 0 Å². The summed E-state index contributed by atoms with van der Waals surface area (Å²) in [6.45, 7) is 6.53. The lowest BCUT2D eigenvalue weighted by atomic mass is 9.95. The highest BCUT2D eigenvalue weighted by molar-refractivity contribution is 6.51. The number of aliphatic hydroxyl groups excluding tert-OH is 1. The van der Waals surface area contributed by atoms with E-state index < -0.39 is 17.7 Å². The zero-order valence-corrected chi connectivity index (χ0v) is 21.4. The van der Waals surface area contributed by atoms with Crippen LogP contribution in [0.4, 0.5) is 5.69 Å². The lowest BCUT2D eigenvalue weighted by Crippen LogP contribution is -2.29. The minimum atomic E-state index is -0.879. The predicted molar refractivity (Wildman–Crippen MR) is 141 cm³/mol. The Bertz CT molecular complexity index is 1330. The molecule has 3 aromatic carbocycles. The van der Waals surface area contributed by atoms with Crippen molar-refractivity contribution in [3.63, 3.8) is 0 Å². The number of ketones is 1. The lowest BCUT2D eigenvalue weighted by Gasteiger charge is -2.26. The zero-order valence-electron chi connectivity index (χ0n) is 20.6. The van der Waals surface area contributed by atoms with E-state index in [1.54, 1.807) is 73.8 Å².